The molecule has 0 aliphatic rings. The van der Waals surface area contributed by atoms with Gasteiger partial charge in [0.05, 0.1) is 0 Å². The zero-order valence-electron chi connectivity index (χ0n) is 12.9. The van der Waals surface area contributed by atoms with Crippen LogP contribution in [0.1, 0.15) is 34.6 Å². The molecular formula is C14H15IO8. The van der Waals surface area contributed by atoms with Crippen molar-refractivity contribution in [2.24, 2.45) is 0 Å². The summed E-state index contributed by atoms with van der Waals surface area (Å²) in [5.41, 5.74) is 0.0963. The van der Waals surface area contributed by atoms with Crippen molar-refractivity contribution >= 4 is 44.5 Å². The standard InChI is InChI=1S/C14H15IO8/c1-8(16)22-15(23-9(2)17)12-6-10(13(18)20-3)5-11(7-12)14(19)21-4/h5-7H,1-4H3. The topological polar surface area (TPSA) is 105 Å². The van der Waals surface area contributed by atoms with Gasteiger partial charge in [-0.15, -0.1) is 0 Å². The van der Waals surface area contributed by atoms with E-state index in [0.29, 0.717) is 0 Å². The Labute approximate surface area is 140 Å². The number of hydrogen-bond acceptors (Lipinski definition) is 8. The first-order chi connectivity index (χ1) is 10.8. The van der Waals surface area contributed by atoms with Gasteiger partial charge >= 0.3 is 140 Å². The predicted molar refractivity (Wildman–Crippen MR) is 85.4 cm³/mol. The van der Waals surface area contributed by atoms with E-state index in [9.17, 15) is 19.2 Å². The quantitative estimate of drug-likeness (QED) is 0.507. The Hall–Kier alpha value is -2.17. The first-order valence-corrected chi connectivity index (χ1v) is 9.02. The van der Waals surface area contributed by atoms with Crippen molar-refractivity contribution in [3.05, 3.63) is 32.9 Å². The van der Waals surface area contributed by atoms with Gasteiger partial charge in [-0.25, -0.2) is 0 Å². The maximum atomic E-state index is 11.7. The SMILES string of the molecule is COC(=O)c1cc(C(=O)OC)cc(I(OC(C)=O)OC(C)=O)c1. The van der Waals surface area contributed by atoms with Gasteiger partial charge in [-0.2, -0.15) is 0 Å². The average molecular weight is 438 g/mol. The Kier molecular flexibility index (Phi) is 6.94. The predicted octanol–water partition coefficient (Wildman–Crippen LogP) is 1.89. The van der Waals surface area contributed by atoms with E-state index >= 15 is 0 Å². The molecule has 0 amide bonds. The molecule has 9 heteroatoms. The minimum atomic E-state index is -3.19. The van der Waals surface area contributed by atoms with E-state index in [1.54, 1.807) is 0 Å². The van der Waals surface area contributed by atoms with E-state index in [2.05, 4.69) is 9.47 Å². The van der Waals surface area contributed by atoms with Crippen LogP contribution in [-0.2, 0) is 25.2 Å². The van der Waals surface area contributed by atoms with Crippen molar-refractivity contribution in [3.8, 4) is 0 Å². The Morgan fingerprint density at radius 3 is 1.48 bits per heavy atom. The van der Waals surface area contributed by atoms with Crippen LogP contribution in [0.15, 0.2) is 18.2 Å². The fraction of sp³-hybridized carbons (Fsp3) is 0.286. The van der Waals surface area contributed by atoms with E-state index in [-0.39, 0.29) is 14.7 Å². The van der Waals surface area contributed by atoms with Gasteiger partial charge in [0, 0.05) is 0 Å². The molecule has 1 aromatic carbocycles. The molecule has 1 aromatic rings. The Morgan fingerprint density at radius 2 is 1.17 bits per heavy atom. The number of esters is 2. The van der Waals surface area contributed by atoms with Crippen LogP contribution in [0.5, 0.6) is 0 Å². The molecule has 1 rings (SSSR count). The molecule has 0 unspecified atom stereocenters. The number of rotatable bonds is 5. The molecule has 23 heavy (non-hydrogen) atoms. The van der Waals surface area contributed by atoms with E-state index in [1.165, 1.54) is 46.3 Å². The van der Waals surface area contributed by atoms with Crippen molar-refractivity contribution < 1.29 is 34.8 Å². The number of hydrogen-bond donors (Lipinski definition) is 0. The number of benzene rings is 1. The van der Waals surface area contributed by atoms with Gasteiger partial charge in [0.25, 0.3) is 0 Å². The molecule has 0 aromatic heterocycles. The second kappa shape index (κ2) is 8.46. The molecule has 0 radical (unpaired) electrons. The van der Waals surface area contributed by atoms with Gasteiger partial charge in [-0.3, -0.25) is 0 Å². The van der Waals surface area contributed by atoms with Crippen molar-refractivity contribution in [1.29, 1.82) is 0 Å². The third-order valence-electron chi connectivity index (χ3n) is 2.28. The molecule has 0 saturated carbocycles. The summed E-state index contributed by atoms with van der Waals surface area (Å²) in [4.78, 5) is 45.8. The molecule has 0 bridgehead atoms. The van der Waals surface area contributed by atoms with Crippen molar-refractivity contribution in [3.63, 3.8) is 0 Å². The van der Waals surface area contributed by atoms with Crippen molar-refractivity contribution in [2.75, 3.05) is 14.2 Å². The fourth-order valence-corrected chi connectivity index (χ4v) is 4.36. The van der Waals surface area contributed by atoms with E-state index in [4.69, 9.17) is 6.13 Å². The number of carbonyl (C=O) groups excluding carboxylic acids is 4. The normalized spacial score (nSPS) is 10.3. The molecule has 0 atom stereocenters. The molecule has 0 spiro atoms. The Bertz CT molecular complexity index is 589. The number of halogens is 1. The minimum absolute atomic E-state index is 0.0482. The molecule has 8 nitrogen and oxygen atoms in total. The molecule has 0 saturated heterocycles. The van der Waals surface area contributed by atoms with Gasteiger partial charge in [-0.1, -0.05) is 0 Å². The third-order valence-corrected chi connectivity index (χ3v) is 5.96. The summed E-state index contributed by atoms with van der Waals surface area (Å²) in [6.45, 7) is 2.33. The van der Waals surface area contributed by atoms with E-state index in [1.807, 2.05) is 0 Å². The van der Waals surface area contributed by atoms with Crippen LogP contribution < -0.4 is 0 Å². The molecule has 0 fully saturated rings. The first kappa shape index (κ1) is 18.9. The summed E-state index contributed by atoms with van der Waals surface area (Å²) in [5.74, 6) is -2.67. The van der Waals surface area contributed by atoms with Crippen LogP contribution in [0.25, 0.3) is 0 Å². The zero-order chi connectivity index (χ0) is 17.6. The van der Waals surface area contributed by atoms with Gasteiger partial charge in [0.1, 0.15) is 0 Å². The summed E-state index contributed by atoms with van der Waals surface area (Å²) in [7, 11) is 2.36. The molecule has 0 N–H and O–H groups in total. The van der Waals surface area contributed by atoms with Crippen LogP contribution in [0, 0.1) is 3.57 Å². The number of carbonyl (C=O) groups is 4. The van der Waals surface area contributed by atoms with E-state index < -0.39 is 44.5 Å². The van der Waals surface area contributed by atoms with Gasteiger partial charge in [0.15, 0.2) is 0 Å². The Morgan fingerprint density at radius 1 is 0.783 bits per heavy atom. The summed E-state index contributed by atoms with van der Waals surface area (Å²) >= 11 is -3.19. The molecule has 0 aliphatic carbocycles. The number of ether oxygens (including phenoxy) is 2. The second-order valence-corrected chi connectivity index (χ2v) is 7.43. The van der Waals surface area contributed by atoms with Crippen LogP contribution in [-0.4, -0.2) is 38.1 Å². The summed E-state index contributed by atoms with van der Waals surface area (Å²) in [6.07, 6.45) is 0. The molecule has 0 heterocycles. The van der Waals surface area contributed by atoms with Crippen LogP contribution in [0.2, 0.25) is 0 Å². The van der Waals surface area contributed by atoms with Crippen molar-refractivity contribution in [2.45, 2.75) is 13.8 Å². The summed E-state index contributed by atoms with van der Waals surface area (Å²) < 4.78 is 19.6. The number of methoxy groups -OCH3 is 2. The van der Waals surface area contributed by atoms with Gasteiger partial charge in [0.2, 0.25) is 0 Å². The van der Waals surface area contributed by atoms with Gasteiger partial charge < -0.3 is 0 Å². The van der Waals surface area contributed by atoms with Gasteiger partial charge in [-0.05, 0) is 0 Å². The summed E-state index contributed by atoms with van der Waals surface area (Å²) in [5, 5.41) is 0. The first-order valence-electron chi connectivity index (χ1n) is 6.18. The second-order valence-electron chi connectivity index (χ2n) is 4.07. The molecule has 0 aliphatic heterocycles. The molecule has 126 valence electrons. The van der Waals surface area contributed by atoms with Crippen molar-refractivity contribution in [1.82, 2.24) is 0 Å². The fourth-order valence-electron chi connectivity index (χ4n) is 1.45. The average Bonchev–Trinajstić information content (AvgIpc) is 2.51. The van der Waals surface area contributed by atoms with Crippen LogP contribution >= 0.6 is 20.6 Å². The van der Waals surface area contributed by atoms with Crippen LogP contribution in [0.4, 0.5) is 0 Å². The van der Waals surface area contributed by atoms with E-state index in [0.717, 1.165) is 0 Å². The monoisotopic (exact) mass is 438 g/mol. The Balaban J connectivity index is 3.39. The zero-order valence-corrected chi connectivity index (χ0v) is 15.0. The summed E-state index contributed by atoms with van der Waals surface area (Å²) in [6, 6.07) is 3.99. The van der Waals surface area contributed by atoms with Crippen LogP contribution in [0.3, 0.4) is 0 Å². The third kappa shape index (κ3) is 5.51. The maximum absolute atomic E-state index is 11.7. The molecular weight excluding hydrogens is 423 g/mol.